The van der Waals surface area contributed by atoms with Gasteiger partial charge in [-0.05, 0) is 12.0 Å². The van der Waals surface area contributed by atoms with Gasteiger partial charge in [-0.2, -0.15) is 0 Å². The third-order valence-corrected chi connectivity index (χ3v) is 6.04. The number of nitrogens with zero attached hydrogens (tertiary/aromatic N) is 4. The van der Waals surface area contributed by atoms with Crippen LogP contribution < -0.4 is 0 Å². The van der Waals surface area contributed by atoms with Gasteiger partial charge in [-0.3, -0.25) is 9.69 Å². The number of piperidine rings is 1. The van der Waals surface area contributed by atoms with E-state index in [1.807, 2.05) is 31.7 Å². The van der Waals surface area contributed by atoms with Crippen molar-refractivity contribution < 1.29 is 9.21 Å². The lowest BCUT2D eigenvalue weighted by Crippen LogP contribution is -2.52. The lowest BCUT2D eigenvalue weighted by Gasteiger charge is -2.41. The van der Waals surface area contributed by atoms with Crippen LogP contribution >= 0.6 is 0 Å². The lowest BCUT2D eigenvalue weighted by molar-refractivity contribution is -0.137. The van der Waals surface area contributed by atoms with Gasteiger partial charge in [0.1, 0.15) is 0 Å². The molecule has 144 valence electrons. The van der Waals surface area contributed by atoms with Gasteiger partial charge in [0.2, 0.25) is 17.7 Å². The molecule has 0 spiro atoms. The van der Waals surface area contributed by atoms with Crippen LogP contribution in [-0.4, -0.2) is 52.1 Å². The molecule has 2 aromatic rings. The first kappa shape index (κ1) is 18.2. The average Bonchev–Trinajstić information content (AvgIpc) is 3.25. The maximum Gasteiger partial charge on any atom is 0.225 e. The van der Waals surface area contributed by atoms with Crippen molar-refractivity contribution >= 4 is 5.91 Å². The fourth-order valence-corrected chi connectivity index (χ4v) is 4.66. The first-order valence-corrected chi connectivity index (χ1v) is 9.83. The molecular formula is C21H28N4O2. The zero-order chi connectivity index (χ0) is 19.0. The predicted molar refractivity (Wildman–Crippen MR) is 102 cm³/mol. The number of fused-ring (bicyclic) bond motifs is 1. The number of aryl methyl sites for hydroxylation is 1. The van der Waals surface area contributed by atoms with E-state index in [9.17, 15) is 4.79 Å². The van der Waals surface area contributed by atoms with Gasteiger partial charge in [-0.15, -0.1) is 10.2 Å². The molecule has 2 saturated heterocycles. The van der Waals surface area contributed by atoms with Crippen molar-refractivity contribution in [3.63, 3.8) is 0 Å². The van der Waals surface area contributed by atoms with E-state index in [2.05, 4.69) is 39.4 Å². The number of hydrogen-bond donors (Lipinski definition) is 0. The van der Waals surface area contributed by atoms with Crippen molar-refractivity contribution in [2.45, 2.75) is 39.2 Å². The van der Waals surface area contributed by atoms with Gasteiger partial charge in [0.05, 0.1) is 5.41 Å². The standard InChI is InChI=1S/C21H28N4O2/c1-15(2)19(26)25-10-9-21(20-23-22-16(3)27-20)14-24(12-18(21)13-25)11-17-7-5-4-6-8-17/h4-8,15,18H,9-14H2,1-3H3/t18-,21+/m1/s1. The van der Waals surface area contributed by atoms with Gasteiger partial charge >= 0.3 is 0 Å². The summed E-state index contributed by atoms with van der Waals surface area (Å²) in [5.74, 6) is 1.95. The van der Waals surface area contributed by atoms with Crippen LogP contribution in [0.4, 0.5) is 0 Å². The molecule has 3 heterocycles. The Balaban J connectivity index is 1.59. The van der Waals surface area contributed by atoms with Crippen LogP contribution in [0, 0.1) is 18.8 Å². The summed E-state index contributed by atoms with van der Waals surface area (Å²) in [5.41, 5.74) is 1.16. The van der Waals surface area contributed by atoms with Crippen LogP contribution in [0.2, 0.25) is 0 Å². The smallest absolute Gasteiger partial charge is 0.225 e. The zero-order valence-electron chi connectivity index (χ0n) is 16.4. The Hall–Kier alpha value is -2.21. The minimum atomic E-state index is -0.149. The maximum absolute atomic E-state index is 12.6. The van der Waals surface area contributed by atoms with E-state index >= 15 is 0 Å². The van der Waals surface area contributed by atoms with Crippen molar-refractivity contribution in [1.82, 2.24) is 20.0 Å². The molecule has 1 aromatic carbocycles. The Labute approximate surface area is 160 Å². The molecule has 2 aliphatic heterocycles. The second-order valence-electron chi connectivity index (χ2n) is 8.32. The molecule has 27 heavy (non-hydrogen) atoms. The zero-order valence-corrected chi connectivity index (χ0v) is 16.4. The third kappa shape index (κ3) is 3.38. The van der Waals surface area contributed by atoms with Gasteiger partial charge in [-0.25, -0.2) is 0 Å². The number of likely N-dealkylation sites (tertiary alicyclic amines) is 2. The topological polar surface area (TPSA) is 62.5 Å². The highest BCUT2D eigenvalue weighted by Crippen LogP contribution is 2.45. The van der Waals surface area contributed by atoms with Gasteiger partial charge in [0.25, 0.3) is 0 Å². The van der Waals surface area contributed by atoms with E-state index in [0.717, 1.165) is 45.0 Å². The SMILES string of the molecule is Cc1nnc([C@]23CCN(C(=O)C(C)C)C[C@H]2CN(Cc2ccccc2)C3)o1. The van der Waals surface area contributed by atoms with E-state index in [-0.39, 0.29) is 17.2 Å². The predicted octanol–water partition coefficient (Wildman–Crippen LogP) is 2.64. The second-order valence-corrected chi connectivity index (χ2v) is 8.32. The summed E-state index contributed by atoms with van der Waals surface area (Å²) >= 11 is 0. The summed E-state index contributed by atoms with van der Waals surface area (Å²) < 4.78 is 5.92. The molecule has 0 bridgehead atoms. The molecule has 6 nitrogen and oxygen atoms in total. The minimum absolute atomic E-state index is 0.0324. The number of hydrogen-bond acceptors (Lipinski definition) is 5. The van der Waals surface area contributed by atoms with E-state index in [4.69, 9.17) is 4.42 Å². The molecule has 4 rings (SSSR count). The molecule has 0 N–H and O–H groups in total. The normalized spacial score (nSPS) is 25.8. The van der Waals surface area contributed by atoms with Crippen molar-refractivity contribution in [2.75, 3.05) is 26.2 Å². The molecule has 2 aliphatic rings. The van der Waals surface area contributed by atoms with Crippen molar-refractivity contribution in [1.29, 1.82) is 0 Å². The monoisotopic (exact) mass is 368 g/mol. The van der Waals surface area contributed by atoms with Gasteiger partial charge in [0.15, 0.2) is 0 Å². The van der Waals surface area contributed by atoms with Crippen LogP contribution in [0.5, 0.6) is 0 Å². The summed E-state index contributed by atoms with van der Waals surface area (Å²) in [5, 5.41) is 8.50. The van der Waals surface area contributed by atoms with Crippen LogP contribution in [-0.2, 0) is 16.8 Å². The van der Waals surface area contributed by atoms with Crippen molar-refractivity contribution in [2.24, 2.45) is 11.8 Å². The lowest BCUT2D eigenvalue weighted by atomic mass is 9.72. The number of aromatic nitrogens is 2. The Morgan fingerprint density at radius 2 is 2.04 bits per heavy atom. The summed E-state index contributed by atoms with van der Waals surface area (Å²) in [7, 11) is 0. The van der Waals surface area contributed by atoms with Crippen molar-refractivity contribution in [3.8, 4) is 0 Å². The molecular weight excluding hydrogens is 340 g/mol. The molecule has 6 heteroatoms. The van der Waals surface area contributed by atoms with E-state index < -0.39 is 0 Å². The van der Waals surface area contributed by atoms with Gasteiger partial charge in [-0.1, -0.05) is 44.2 Å². The van der Waals surface area contributed by atoms with E-state index in [1.54, 1.807) is 0 Å². The fourth-order valence-electron chi connectivity index (χ4n) is 4.66. The molecule has 0 aliphatic carbocycles. The Bertz CT molecular complexity index is 804. The summed E-state index contributed by atoms with van der Waals surface area (Å²) in [4.78, 5) is 17.1. The second kappa shape index (κ2) is 7.08. The number of amides is 1. The summed E-state index contributed by atoms with van der Waals surface area (Å²) in [6.45, 7) is 10.1. The van der Waals surface area contributed by atoms with Crippen LogP contribution in [0.3, 0.4) is 0 Å². The molecule has 0 saturated carbocycles. The van der Waals surface area contributed by atoms with Gasteiger partial charge < -0.3 is 9.32 Å². The summed E-state index contributed by atoms with van der Waals surface area (Å²) in [6.07, 6.45) is 0.878. The largest absolute Gasteiger partial charge is 0.425 e. The average molecular weight is 368 g/mol. The maximum atomic E-state index is 12.6. The quantitative estimate of drug-likeness (QED) is 0.830. The van der Waals surface area contributed by atoms with Crippen LogP contribution in [0.15, 0.2) is 34.7 Å². The highest BCUT2D eigenvalue weighted by molar-refractivity contribution is 5.78. The molecule has 0 radical (unpaired) electrons. The first-order valence-electron chi connectivity index (χ1n) is 9.83. The van der Waals surface area contributed by atoms with E-state index in [1.165, 1.54) is 5.56 Å². The number of carbonyl (C=O) groups excluding carboxylic acids is 1. The number of benzene rings is 1. The van der Waals surface area contributed by atoms with E-state index in [0.29, 0.717) is 11.8 Å². The summed E-state index contributed by atoms with van der Waals surface area (Å²) in [6, 6.07) is 10.5. The van der Waals surface area contributed by atoms with Crippen molar-refractivity contribution in [3.05, 3.63) is 47.7 Å². The van der Waals surface area contributed by atoms with Gasteiger partial charge in [0, 0.05) is 51.5 Å². The van der Waals surface area contributed by atoms with Crippen LogP contribution in [0.25, 0.3) is 0 Å². The third-order valence-electron chi connectivity index (χ3n) is 6.04. The fraction of sp³-hybridized carbons (Fsp3) is 0.571. The molecule has 1 aromatic heterocycles. The molecule has 1 amide bonds. The Morgan fingerprint density at radius 3 is 2.70 bits per heavy atom. The molecule has 2 fully saturated rings. The molecule has 2 atom stereocenters. The van der Waals surface area contributed by atoms with Crippen LogP contribution in [0.1, 0.15) is 37.6 Å². The number of carbonyl (C=O) groups is 1. The minimum Gasteiger partial charge on any atom is -0.425 e. The Kier molecular flexibility index (Phi) is 4.76. The highest BCUT2D eigenvalue weighted by Gasteiger charge is 2.54. The Morgan fingerprint density at radius 1 is 1.26 bits per heavy atom. The molecule has 0 unspecified atom stereocenters. The number of rotatable bonds is 4. The highest BCUT2D eigenvalue weighted by atomic mass is 16.4. The first-order chi connectivity index (χ1) is 13.0.